The third-order valence-electron chi connectivity index (χ3n) is 2.61. The maximum absolute atomic E-state index is 11.3. The Kier molecular flexibility index (Phi) is 3.07. The number of likely N-dealkylation sites (tertiary alicyclic amines) is 1. The SMILES string of the molecule is CNC1(CC(=O)NO)CC(=O)N(C)C1. The lowest BCUT2D eigenvalue weighted by Crippen LogP contribution is -2.48. The van der Waals surface area contributed by atoms with Crippen molar-refractivity contribution in [1.29, 1.82) is 0 Å². The summed E-state index contributed by atoms with van der Waals surface area (Å²) in [4.78, 5) is 23.9. The van der Waals surface area contributed by atoms with E-state index in [0.29, 0.717) is 6.54 Å². The molecule has 0 saturated carbocycles. The molecule has 3 N–H and O–H groups in total. The molecule has 1 aliphatic rings. The Bertz CT molecular complexity index is 256. The average molecular weight is 201 g/mol. The number of nitrogens with zero attached hydrogens (tertiary/aromatic N) is 1. The van der Waals surface area contributed by atoms with Crippen molar-refractivity contribution in [2.45, 2.75) is 18.4 Å². The molecule has 0 aliphatic carbocycles. The Morgan fingerprint density at radius 2 is 2.36 bits per heavy atom. The summed E-state index contributed by atoms with van der Waals surface area (Å²) < 4.78 is 0. The van der Waals surface area contributed by atoms with Crippen molar-refractivity contribution in [3.05, 3.63) is 0 Å². The molecule has 2 amide bonds. The molecule has 1 aliphatic heterocycles. The lowest BCUT2D eigenvalue weighted by Gasteiger charge is -2.26. The average Bonchev–Trinajstić information content (AvgIpc) is 2.43. The van der Waals surface area contributed by atoms with Gasteiger partial charge in [-0.3, -0.25) is 14.8 Å². The largest absolute Gasteiger partial charge is 0.344 e. The first kappa shape index (κ1) is 10.9. The van der Waals surface area contributed by atoms with Crippen LogP contribution in [0.5, 0.6) is 0 Å². The number of hydroxylamine groups is 1. The van der Waals surface area contributed by atoms with Gasteiger partial charge in [0.05, 0.1) is 5.54 Å². The van der Waals surface area contributed by atoms with E-state index in [1.54, 1.807) is 24.5 Å². The summed E-state index contributed by atoms with van der Waals surface area (Å²) in [6.45, 7) is 0.482. The molecule has 0 radical (unpaired) electrons. The van der Waals surface area contributed by atoms with E-state index in [1.165, 1.54) is 0 Å². The molecule has 1 heterocycles. The summed E-state index contributed by atoms with van der Waals surface area (Å²) in [5, 5.41) is 11.4. The monoisotopic (exact) mass is 201 g/mol. The topological polar surface area (TPSA) is 81.7 Å². The molecule has 0 spiro atoms. The van der Waals surface area contributed by atoms with Crippen LogP contribution in [0, 0.1) is 0 Å². The summed E-state index contributed by atoms with van der Waals surface area (Å²) >= 11 is 0. The Morgan fingerprint density at radius 3 is 2.71 bits per heavy atom. The zero-order chi connectivity index (χ0) is 10.8. The lowest BCUT2D eigenvalue weighted by atomic mass is 9.94. The van der Waals surface area contributed by atoms with Gasteiger partial charge in [0.1, 0.15) is 0 Å². The highest BCUT2D eigenvalue weighted by atomic mass is 16.5. The van der Waals surface area contributed by atoms with E-state index in [4.69, 9.17) is 5.21 Å². The van der Waals surface area contributed by atoms with E-state index in [1.807, 2.05) is 0 Å². The normalized spacial score (nSPS) is 26.8. The van der Waals surface area contributed by atoms with Crippen LogP contribution in [0.3, 0.4) is 0 Å². The van der Waals surface area contributed by atoms with Crippen LogP contribution in [-0.4, -0.2) is 48.1 Å². The van der Waals surface area contributed by atoms with Crippen LogP contribution < -0.4 is 10.8 Å². The molecular weight excluding hydrogens is 186 g/mol. The molecule has 1 atom stereocenters. The zero-order valence-corrected chi connectivity index (χ0v) is 8.33. The molecule has 0 bridgehead atoms. The molecule has 0 aromatic rings. The number of nitrogens with one attached hydrogen (secondary N) is 2. The smallest absolute Gasteiger partial charge is 0.245 e. The van der Waals surface area contributed by atoms with E-state index in [0.717, 1.165) is 0 Å². The minimum Gasteiger partial charge on any atom is -0.344 e. The Balaban J connectivity index is 2.69. The van der Waals surface area contributed by atoms with Crippen LogP contribution >= 0.6 is 0 Å². The molecule has 6 heteroatoms. The van der Waals surface area contributed by atoms with Gasteiger partial charge in [0.2, 0.25) is 11.8 Å². The molecular formula is C8H15N3O3. The third kappa shape index (κ3) is 2.02. The number of carbonyl (C=O) groups is 2. The van der Waals surface area contributed by atoms with Gasteiger partial charge in [0.25, 0.3) is 0 Å². The predicted molar refractivity (Wildman–Crippen MR) is 48.6 cm³/mol. The standard InChI is InChI=1S/C8H15N3O3/c1-9-8(3-6(12)10-14)4-7(13)11(2)5-8/h9,14H,3-5H2,1-2H3,(H,10,12). The molecule has 14 heavy (non-hydrogen) atoms. The van der Waals surface area contributed by atoms with Crippen LogP contribution in [0.1, 0.15) is 12.8 Å². The van der Waals surface area contributed by atoms with Gasteiger partial charge in [-0.25, -0.2) is 5.48 Å². The Morgan fingerprint density at radius 1 is 1.71 bits per heavy atom. The van der Waals surface area contributed by atoms with E-state index >= 15 is 0 Å². The van der Waals surface area contributed by atoms with Crippen LogP contribution in [0.2, 0.25) is 0 Å². The van der Waals surface area contributed by atoms with E-state index in [2.05, 4.69) is 5.32 Å². The number of likely N-dealkylation sites (N-methyl/N-ethyl adjacent to an activating group) is 2. The maximum atomic E-state index is 11.3. The minimum atomic E-state index is -0.543. The van der Waals surface area contributed by atoms with Gasteiger partial charge in [0.15, 0.2) is 0 Å². The number of carbonyl (C=O) groups excluding carboxylic acids is 2. The molecule has 1 saturated heterocycles. The molecule has 1 rings (SSSR count). The van der Waals surface area contributed by atoms with Crippen molar-refractivity contribution < 1.29 is 14.8 Å². The van der Waals surface area contributed by atoms with Crippen molar-refractivity contribution in [2.75, 3.05) is 20.6 Å². The Labute approximate surface area is 82.2 Å². The van der Waals surface area contributed by atoms with Crippen molar-refractivity contribution in [3.8, 4) is 0 Å². The fourth-order valence-electron chi connectivity index (χ4n) is 1.74. The summed E-state index contributed by atoms with van der Waals surface area (Å²) in [5.41, 5.74) is 1.03. The maximum Gasteiger partial charge on any atom is 0.245 e. The first-order valence-corrected chi connectivity index (χ1v) is 4.39. The van der Waals surface area contributed by atoms with Gasteiger partial charge in [0, 0.05) is 26.4 Å². The molecule has 80 valence electrons. The third-order valence-corrected chi connectivity index (χ3v) is 2.61. The lowest BCUT2D eigenvalue weighted by molar-refractivity contribution is -0.130. The van der Waals surface area contributed by atoms with E-state index < -0.39 is 11.4 Å². The number of hydrogen-bond acceptors (Lipinski definition) is 4. The first-order valence-electron chi connectivity index (χ1n) is 4.39. The summed E-state index contributed by atoms with van der Waals surface area (Å²) in [7, 11) is 3.40. The van der Waals surface area contributed by atoms with Crippen LogP contribution in [0.25, 0.3) is 0 Å². The zero-order valence-electron chi connectivity index (χ0n) is 8.33. The first-order chi connectivity index (χ1) is 6.53. The minimum absolute atomic E-state index is 0.00471. The summed E-state index contributed by atoms with van der Waals surface area (Å²) in [6, 6.07) is 0. The van der Waals surface area contributed by atoms with Gasteiger partial charge in [-0.1, -0.05) is 0 Å². The van der Waals surface area contributed by atoms with Crippen molar-refractivity contribution in [3.63, 3.8) is 0 Å². The molecule has 1 unspecified atom stereocenters. The van der Waals surface area contributed by atoms with E-state index in [9.17, 15) is 9.59 Å². The highest BCUT2D eigenvalue weighted by Gasteiger charge is 2.41. The molecule has 0 aromatic carbocycles. The van der Waals surface area contributed by atoms with Crippen LogP contribution in [-0.2, 0) is 9.59 Å². The molecule has 0 aromatic heterocycles. The van der Waals surface area contributed by atoms with Gasteiger partial charge in [-0.2, -0.15) is 0 Å². The summed E-state index contributed by atoms with van der Waals surface area (Å²) in [5.74, 6) is -0.479. The van der Waals surface area contributed by atoms with Gasteiger partial charge >= 0.3 is 0 Å². The number of rotatable bonds is 3. The van der Waals surface area contributed by atoms with Gasteiger partial charge in [-0.15, -0.1) is 0 Å². The van der Waals surface area contributed by atoms with Gasteiger partial charge < -0.3 is 10.2 Å². The molecule has 6 nitrogen and oxygen atoms in total. The second-order valence-electron chi connectivity index (χ2n) is 3.67. The van der Waals surface area contributed by atoms with Crippen molar-refractivity contribution in [1.82, 2.24) is 15.7 Å². The Hall–Kier alpha value is -1.14. The second-order valence-corrected chi connectivity index (χ2v) is 3.67. The van der Waals surface area contributed by atoms with E-state index in [-0.39, 0.29) is 18.7 Å². The summed E-state index contributed by atoms with van der Waals surface area (Å²) in [6.07, 6.45) is 0.378. The van der Waals surface area contributed by atoms with Crippen LogP contribution in [0.4, 0.5) is 0 Å². The van der Waals surface area contributed by atoms with Crippen LogP contribution in [0.15, 0.2) is 0 Å². The number of hydrogen-bond donors (Lipinski definition) is 3. The fourth-order valence-corrected chi connectivity index (χ4v) is 1.74. The second kappa shape index (κ2) is 3.93. The fraction of sp³-hybridized carbons (Fsp3) is 0.750. The van der Waals surface area contributed by atoms with Crippen molar-refractivity contribution >= 4 is 11.8 Å². The predicted octanol–water partition coefficient (Wildman–Crippen LogP) is -1.30. The quantitative estimate of drug-likeness (QED) is 0.391. The van der Waals surface area contributed by atoms with Gasteiger partial charge in [-0.05, 0) is 7.05 Å². The van der Waals surface area contributed by atoms with Crippen molar-refractivity contribution in [2.24, 2.45) is 0 Å². The number of amides is 2. The highest BCUT2D eigenvalue weighted by molar-refractivity contribution is 5.83. The molecule has 1 fully saturated rings. The highest BCUT2D eigenvalue weighted by Crippen LogP contribution is 2.24.